The predicted octanol–water partition coefficient (Wildman–Crippen LogP) is 1.79. The minimum absolute atomic E-state index is 0.0472. The fourth-order valence-electron chi connectivity index (χ4n) is 3.10. The Bertz CT molecular complexity index is 1060. The maximum Gasteiger partial charge on any atom is 0.330 e. The molecular weight excluding hydrogens is 416 g/mol. The zero-order chi connectivity index (χ0) is 23.7. The summed E-state index contributed by atoms with van der Waals surface area (Å²) in [6.07, 6.45) is 3.10. The highest BCUT2D eigenvalue weighted by atomic mass is 16.5. The number of carbonyl (C=O) groups is 1. The highest BCUT2D eigenvalue weighted by molar-refractivity contribution is 6.07. The standard InChI is InChI=1S/C22H30N4O6/c1-5-7-10-26-19(23)18(20(27)24-22(26)29)25(11-13-30-3)21(28)15-8-9-16(32-12-6-2)17(14-15)31-4/h6,8-9,14H,2,5,7,10-13,23H2,1,3-4H3,(H,24,27,29). The van der Waals surface area contributed by atoms with Gasteiger partial charge in [0.15, 0.2) is 17.2 Å². The second-order valence-electron chi connectivity index (χ2n) is 6.91. The number of aromatic nitrogens is 2. The molecule has 1 aromatic heterocycles. The molecule has 1 heterocycles. The fraction of sp³-hybridized carbons (Fsp3) is 0.409. The molecule has 0 saturated heterocycles. The molecule has 1 aromatic carbocycles. The number of hydrogen-bond acceptors (Lipinski definition) is 7. The molecule has 174 valence electrons. The van der Waals surface area contributed by atoms with Crippen molar-refractivity contribution in [3.8, 4) is 11.5 Å². The summed E-state index contributed by atoms with van der Waals surface area (Å²) in [5, 5.41) is 0. The third-order valence-electron chi connectivity index (χ3n) is 4.75. The molecule has 3 N–H and O–H groups in total. The molecule has 2 rings (SSSR count). The van der Waals surface area contributed by atoms with E-state index in [1.807, 2.05) is 6.92 Å². The van der Waals surface area contributed by atoms with Crippen LogP contribution in [0.4, 0.5) is 11.5 Å². The summed E-state index contributed by atoms with van der Waals surface area (Å²) in [7, 11) is 2.94. The molecule has 0 unspecified atom stereocenters. The van der Waals surface area contributed by atoms with Gasteiger partial charge in [-0.15, -0.1) is 0 Å². The number of rotatable bonds is 12. The number of carbonyl (C=O) groups excluding carboxylic acids is 1. The molecular formula is C22H30N4O6. The molecule has 0 atom stereocenters. The zero-order valence-electron chi connectivity index (χ0n) is 18.7. The van der Waals surface area contributed by atoms with Crippen LogP contribution >= 0.6 is 0 Å². The van der Waals surface area contributed by atoms with E-state index in [1.54, 1.807) is 18.2 Å². The fourth-order valence-corrected chi connectivity index (χ4v) is 3.10. The van der Waals surface area contributed by atoms with E-state index in [4.69, 9.17) is 19.9 Å². The lowest BCUT2D eigenvalue weighted by atomic mass is 10.1. The highest BCUT2D eigenvalue weighted by Crippen LogP contribution is 2.29. The van der Waals surface area contributed by atoms with Gasteiger partial charge in [-0.3, -0.25) is 24.0 Å². The number of nitrogens with two attached hydrogens (primary N) is 1. The first-order valence-electron chi connectivity index (χ1n) is 10.2. The Morgan fingerprint density at radius 2 is 2.03 bits per heavy atom. The topological polar surface area (TPSA) is 129 Å². The van der Waals surface area contributed by atoms with E-state index >= 15 is 0 Å². The molecule has 32 heavy (non-hydrogen) atoms. The molecule has 2 aromatic rings. The number of aromatic amines is 1. The van der Waals surface area contributed by atoms with Crippen molar-refractivity contribution in [2.24, 2.45) is 0 Å². The van der Waals surface area contributed by atoms with Gasteiger partial charge in [0.1, 0.15) is 12.4 Å². The lowest BCUT2D eigenvalue weighted by molar-refractivity contribution is 0.0975. The van der Waals surface area contributed by atoms with Crippen molar-refractivity contribution in [1.82, 2.24) is 9.55 Å². The molecule has 10 heteroatoms. The summed E-state index contributed by atoms with van der Waals surface area (Å²) >= 11 is 0. The average molecular weight is 447 g/mol. The molecule has 0 radical (unpaired) electrons. The normalized spacial score (nSPS) is 10.6. The van der Waals surface area contributed by atoms with Gasteiger partial charge in [0, 0.05) is 25.8 Å². The minimum Gasteiger partial charge on any atom is -0.493 e. The lowest BCUT2D eigenvalue weighted by Crippen LogP contribution is -2.42. The number of methoxy groups -OCH3 is 2. The first kappa shape index (κ1) is 24.7. The van der Waals surface area contributed by atoms with Crippen LogP contribution < -0.4 is 31.4 Å². The van der Waals surface area contributed by atoms with E-state index in [2.05, 4.69) is 11.6 Å². The van der Waals surface area contributed by atoms with E-state index in [0.29, 0.717) is 24.5 Å². The van der Waals surface area contributed by atoms with E-state index in [9.17, 15) is 14.4 Å². The van der Waals surface area contributed by atoms with Crippen LogP contribution in [0.15, 0.2) is 40.4 Å². The van der Waals surface area contributed by atoms with Crippen LogP contribution in [0.3, 0.4) is 0 Å². The van der Waals surface area contributed by atoms with Crippen molar-refractivity contribution < 1.29 is 19.0 Å². The van der Waals surface area contributed by atoms with Gasteiger partial charge in [0.25, 0.3) is 11.5 Å². The van der Waals surface area contributed by atoms with Crippen molar-refractivity contribution in [3.05, 3.63) is 57.3 Å². The van der Waals surface area contributed by atoms with Crippen molar-refractivity contribution in [1.29, 1.82) is 0 Å². The number of ether oxygens (including phenoxy) is 3. The SMILES string of the molecule is C=CCOc1ccc(C(=O)N(CCOC)c2c(N)n(CCCC)c(=O)[nH]c2=O)cc1OC. The molecule has 1 amide bonds. The molecule has 0 spiro atoms. The van der Waals surface area contributed by atoms with E-state index in [0.717, 1.165) is 6.42 Å². The maximum absolute atomic E-state index is 13.4. The van der Waals surface area contributed by atoms with E-state index < -0.39 is 17.2 Å². The van der Waals surface area contributed by atoms with Crippen LogP contribution in [0.1, 0.15) is 30.1 Å². The van der Waals surface area contributed by atoms with Crippen LogP contribution in [-0.2, 0) is 11.3 Å². The number of nitrogens with one attached hydrogen (secondary N) is 1. The Balaban J connectivity index is 2.55. The van der Waals surface area contributed by atoms with Gasteiger partial charge >= 0.3 is 5.69 Å². The van der Waals surface area contributed by atoms with Gasteiger partial charge in [0.2, 0.25) is 0 Å². The van der Waals surface area contributed by atoms with Gasteiger partial charge in [-0.1, -0.05) is 26.0 Å². The zero-order valence-corrected chi connectivity index (χ0v) is 18.7. The number of amides is 1. The molecule has 0 saturated carbocycles. The Hall–Kier alpha value is -3.53. The summed E-state index contributed by atoms with van der Waals surface area (Å²) in [5.41, 5.74) is 4.98. The van der Waals surface area contributed by atoms with Gasteiger partial charge in [-0.25, -0.2) is 4.79 Å². The Kier molecular flexibility index (Phi) is 9.08. The van der Waals surface area contributed by atoms with Crippen molar-refractivity contribution in [2.45, 2.75) is 26.3 Å². The van der Waals surface area contributed by atoms with Gasteiger partial charge in [0.05, 0.1) is 13.7 Å². The maximum atomic E-state index is 13.4. The molecule has 0 fully saturated rings. The van der Waals surface area contributed by atoms with Gasteiger partial charge < -0.3 is 19.9 Å². The molecule has 0 aliphatic carbocycles. The van der Waals surface area contributed by atoms with Crippen LogP contribution in [0.25, 0.3) is 0 Å². The second-order valence-corrected chi connectivity index (χ2v) is 6.91. The van der Waals surface area contributed by atoms with Crippen LogP contribution in [0.5, 0.6) is 11.5 Å². The van der Waals surface area contributed by atoms with E-state index in [-0.39, 0.29) is 36.8 Å². The highest BCUT2D eigenvalue weighted by Gasteiger charge is 2.26. The van der Waals surface area contributed by atoms with Crippen LogP contribution in [-0.4, -0.2) is 49.4 Å². The Morgan fingerprint density at radius 3 is 2.66 bits per heavy atom. The average Bonchev–Trinajstić information content (AvgIpc) is 2.78. The summed E-state index contributed by atoms with van der Waals surface area (Å²) in [4.78, 5) is 41.8. The molecule has 0 aliphatic rings. The number of hydrogen-bond donors (Lipinski definition) is 2. The monoisotopic (exact) mass is 446 g/mol. The lowest BCUT2D eigenvalue weighted by Gasteiger charge is -2.24. The van der Waals surface area contributed by atoms with Gasteiger partial charge in [-0.2, -0.15) is 0 Å². The number of nitrogen functional groups attached to an aromatic ring is 1. The number of nitrogens with zero attached hydrogens (tertiary/aromatic N) is 2. The van der Waals surface area contributed by atoms with Crippen molar-refractivity contribution in [2.75, 3.05) is 44.6 Å². The van der Waals surface area contributed by atoms with E-state index in [1.165, 1.54) is 29.8 Å². The number of anilines is 2. The summed E-state index contributed by atoms with van der Waals surface area (Å²) < 4.78 is 17.2. The van der Waals surface area contributed by atoms with Crippen LogP contribution in [0, 0.1) is 0 Å². The number of H-pyrrole nitrogens is 1. The Morgan fingerprint density at radius 1 is 1.28 bits per heavy atom. The molecule has 10 nitrogen and oxygen atoms in total. The summed E-state index contributed by atoms with van der Waals surface area (Å²) in [5.74, 6) is 0.208. The first-order valence-corrected chi connectivity index (χ1v) is 10.2. The number of benzene rings is 1. The minimum atomic E-state index is -0.748. The summed E-state index contributed by atoms with van der Waals surface area (Å²) in [6, 6.07) is 4.67. The Labute approximate surface area is 186 Å². The quantitative estimate of drug-likeness (QED) is 0.476. The summed E-state index contributed by atoms with van der Waals surface area (Å²) in [6.45, 7) is 6.36. The second kappa shape index (κ2) is 11.8. The third-order valence-corrected chi connectivity index (χ3v) is 4.75. The van der Waals surface area contributed by atoms with Gasteiger partial charge in [-0.05, 0) is 24.6 Å². The van der Waals surface area contributed by atoms with Crippen LogP contribution in [0.2, 0.25) is 0 Å². The molecule has 0 aliphatic heterocycles. The number of unbranched alkanes of at least 4 members (excludes halogenated alkanes) is 1. The third kappa shape index (κ3) is 5.58. The van der Waals surface area contributed by atoms with Crippen molar-refractivity contribution in [3.63, 3.8) is 0 Å². The first-order chi connectivity index (χ1) is 15.4. The smallest absolute Gasteiger partial charge is 0.330 e. The van der Waals surface area contributed by atoms with Crippen molar-refractivity contribution >= 4 is 17.4 Å². The largest absolute Gasteiger partial charge is 0.493 e. The molecule has 0 bridgehead atoms. The predicted molar refractivity (Wildman–Crippen MR) is 123 cm³/mol.